The zero-order valence-electron chi connectivity index (χ0n) is 46.0. The summed E-state index contributed by atoms with van der Waals surface area (Å²) >= 11 is 2.49. The fourth-order valence-electron chi connectivity index (χ4n) is 11.6. The van der Waals surface area contributed by atoms with Gasteiger partial charge in [-0.05, 0) is 52.4 Å². The van der Waals surface area contributed by atoms with Gasteiger partial charge in [0, 0.05) is 17.4 Å². The van der Waals surface area contributed by atoms with E-state index < -0.39 is 0 Å². The van der Waals surface area contributed by atoms with Gasteiger partial charge in [-0.3, -0.25) is 0 Å². The van der Waals surface area contributed by atoms with E-state index in [0.29, 0.717) is 11.5 Å². The van der Waals surface area contributed by atoms with Crippen molar-refractivity contribution >= 4 is 45.3 Å². The number of imidazole rings is 1. The fourth-order valence-corrected chi connectivity index (χ4v) is 12.7. The van der Waals surface area contributed by atoms with Gasteiger partial charge in [0.1, 0.15) is 0 Å². The molecule has 0 radical (unpaired) electrons. The topological polar surface area (TPSA) is 38.5 Å². The van der Waals surface area contributed by atoms with Gasteiger partial charge in [-0.25, -0.2) is 0 Å². The van der Waals surface area contributed by atoms with Crippen molar-refractivity contribution in [3.63, 3.8) is 0 Å². The number of para-hydroxylation sites is 6. The molecule has 0 saturated heterocycles. The van der Waals surface area contributed by atoms with Crippen LogP contribution in [-0.2, 0) is 24.8 Å². The van der Waals surface area contributed by atoms with E-state index in [4.69, 9.17) is 9.72 Å². The third kappa shape index (κ3) is 9.51. The van der Waals surface area contributed by atoms with Gasteiger partial charge in [-0.15, -0.1) is 0 Å². The summed E-state index contributed by atoms with van der Waals surface area (Å²) in [7, 11) is 0. The predicted octanol–water partition coefficient (Wildman–Crippen LogP) is 20.2. The Bertz CT molecular complexity index is 4550. The third-order valence-electron chi connectivity index (χ3n) is 15.5. The molecule has 0 unspecified atom stereocenters. The molecule has 1 aliphatic rings. The van der Waals surface area contributed by atoms with Gasteiger partial charge < -0.3 is 4.90 Å². The van der Waals surface area contributed by atoms with Crippen molar-refractivity contribution in [2.24, 2.45) is 0 Å². The van der Waals surface area contributed by atoms with Crippen LogP contribution < -0.4 is 14.5 Å². The van der Waals surface area contributed by atoms with E-state index in [-0.39, 0.29) is 5.41 Å². The summed E-state index contributed by atoms with van der Waals surface area (Å²) in [6.45, 7) is 6.74. The van der Waals surface area contributed by atoms with Crippen LogP contribution in [0.2, 0.25) is 0 Å². The van der Waals surface area contributed by atoms with Crippen LogP contribution in [0.5, 0.6) is 11.5 Å². The zero-order chi connectivity index (χ0) is 56.0. The monoisotopic (exact) mass is 1250 g/mol. The van der Waals surface area contributed by atoms with Gasteiger partial charge in [0.25, 0.3) is 0 Å². The van der Waals surface area contributed by atoms with E-state index in [2.05, 4.69) is 326 Å². The summed E-state index contributed by atoms with van der Waals surface area (Å²) in [5.41, 5.74) is 20.7. The molecule has 14 rings (SSSR count). The van der Waals surface area contributed by atoms with Crippen LogP contribution in [0.1, 0.15) is 26.3 Å². The van der Waals surface area contributed by atoms with Crippen LogP contribution in [0.25, 0.3) is 78.0 Å². The van der Waals surface area contributed by atoms with Crippen molar-refractivity contribution in [2.45, 2.75) is 26.2 Å². The first-order valence-electron chi connectivity index (χ1n) is 27.9. The number of anilines is 6. The Balaban J connectivity index is 0.981. The Morgan fingerprint density at radius 1 is 0.398 bits per heavy atom. The second-order valence-corrected chi connectivity index (χ2v) is 22.7. The van der Waals surface area contributed by atoms with Crippen LogP contribution in [0.3, 0.4) is 0 Å². The van der Waals surface area contributed by atoms with Gasteiger partial charge in [0.15, 0.2) is 0 Å². The van der Waals surface area contributed by atoms with Gasteiger partial charge >= 0.3 is 306 Å². The Morgan fingerprint density at radius 2 is 0.928 bits per heavy atom. The number of rotatable bonds is 9. The zero-order valence-corrected chi connectivity index (χ0v) is 48.3. The van der Waals surface area contributed by atoms with Crippen LogP contribution >= 0.6 is 0 Å². The van der Waals surface area contributed by atoms with E-state index in [1.807, 2.05) is 24.4 Å². The van der Waals surface area contributed by atoms with Gasteiger partial charge in [-0.1, -0.05) is 112 Å². The summed E-state index contributed by atoms with van der Waals surface area (Å²) in [6, 6.07) is 104. The van der Waals surface area contributed by atoms with Crippen LogP contribution in [0.15, 0.2) is 279 Å². The van der Waals surface area contributed by atoms with Crippen LogP contribution in [0, 0.1) is 15.9 Å². The molecule has 0 spiro atoms. The Labute approximate surface area is 495 Å². The molecule has 11 aromatic carbocycles. The fraction of sp³-hybridized carbons (Fsp3) is 0.0526. The number of nitrogens with zero attached hydrogens (tertiary/aromatic N) is 5. The molecule has 0 atom stereocenters. The number of pyridine rings is 1. The molecule has 7 heteroatoms. The molecular formula is C76H55N5OPt-2. The number of ether oxygens (including phenoxy) is 1. The molecule has 13 aromatic rings. The number of benzene rings is 11. The van der Waals surface area contributed by atoms with Crippen molar-refractivity contribution in [1.82, 2.24) is 14.1 Å². The molecule has 2 aromatic heterocycles. The number of fused-ring (bicyclic) bond motifs is 7. The Hall–Kier alpha value is -9.87. The Morgan fingerprint density at radius 3 is 1.58 bits per heavy atom. The molecule has 0 aliphatic carbocycles. The van der Waals surface area contributed by atoms with Crippen molar-refractivity contribution in [3.05, 3.63) is 301 Å². The van der Waals surface area contributed by atoms with Gasteiger partial charge in [0.2, 0.25) is 0 Å². The minimum absolute atomic E-state index is 0.162. The van der Waals surface area contributed by atoms with E-state index in [9.17, 15) is 0 Å². The van der Waals surface area contributed by atoms with Crippen molar-refractivity contribution in [1.29, 1.82) is 0 Å². The molecule has 1 aliphatic heterocycles. The van der Waals surface area contributed by atoms with E-state index in [1.54, 1.807) is 0 Å². The number of aromatic nitrogens is 3. The quantitative estimate of drug-likeness (QED) is 0.135. The van der Waals surface area contributed by atoms with Crippen molar-refractivity contribution in [3.8, 4) is 78.5 Å². The van der Waals surface area contributed by atoms with E-state index in [0.717, 1.165) is 122 Å². The summed E-state index contributed by atoms with van der Waals surface area (Å²) in [6.07, 6.45) is 1.93. The summed E-state index contributed by atoms with van der Waals surface area (Å²) in [5, 5.41) is 0. The maximum absolute atomic E-state index is 7.12. The third-order valence-corrected chi connectivity index (χ3v) is 16.6. The van der Waals surface area contributed by atoms with Crippen LogP contribution in [0.4, 0.5) is 34.3 Å². The van der Waals surface area contributed by atoms with Crippen LogP contribution in [-0.4, -0.2) is 14.1 Å². The van der Waals surface area contributed by atoms with E-state index >= 15 is 0 Å². The molecule has 83 heavy (non-hydrogen) atoms. The summed E-state index contributed by atoms with van der Waals surface area (Å²) < 4.78 is 12.8. The molecule has 0 amide bonds. The average Bonchev–Trinajstić information content (AvgIpc) is 4.02. The second kappa shape index (κ2) is 21.5. The molecule has 0 fully saturated rings. The normalized spacial score (nSPS) is 12.1. The Kier molecular flexibility index (Phi) is 13.3. The first-order valence-corrected chi connectivity index (χ1v) is 29.1. The molecule has 6 nitrogen and oxygen atoms in total. The maximum atomic E-state index is 7.12. The van der Waals surface area contributed by atoms with Gasteiger partial charge in [-0.2, -0.15) is 0 Å². The molecular weight excluding hydrogens is 1190 g/mol. The van der Waals surface area contributed by atoms with Crippen molar-refractivity contribution in [2.75, 3.05) is 9.80 Å². The minimum atomic E-state index is -0.162. The average molecular weight is 1250 g/mol. The first-order chi connectivity index (χ1) is 40.7. The number of hydrogen-bond donors (Lipinski definition) is 0. The molecule has 0 N–H and O–H groups in total. The van der Waals surface area contributed by atoms with E-state index in [1.165, 1.54) is 0 Å². The summed E-state index contributed by atoms with van der Waals surface area (Å²) in [4.78, 5) is 9.93. The predicted molar refractivity (Wildman–Crippen MR) is 337 cm³/mol. The number of hydrogen-bond acceptors (Lipinski definition) is 4. The second-order valence-electron chi connectivity index (χ2n) is 21.7. The van der Waals surface area contributed by atoms with Crippen molar-refractivity contribution < 1.29 is 24.1 Å². The SMILES string of the molecule is CC(C)(C)c1ccnc(N2c3[c-]c(Oc4[c-]c(-n5[c](=[Pt])n(-c6c(-c7ccccc7)cccc6-c6ccccc6)c6ccccc65)ccc4)ccc3-c3cc(-c4ccccc4)ccc3N(c3ccccc3)c3ccccc3-c3ccccc32)c1. The molecule has 0 saturated carbocycles. The standard InChI is InChI=1S/C76H55N5O.Pt/c1-76(2,3)57-46-47-77-74(49-57)81-69-39-19-17-35-65(69)64-34-16-18-38-68(64)80(58-30-14-7-15-31-58)70-45-42-56(53-24-8-4-9-25-53)48-67(70)66-44-43-61(51-73(66)81)82-60-33-22-32-59(50-60)78-52-79(72-41-21-20-40-71(72)78)75-62(54-26-10-5-11-27-54)36-23-37-63(75)55-28-12-6-13-29-55;/h4-49H,1-3H3;/q-2;. The molecule has 402 valence electrons. The summed E-state index contributed by atoms with van der Waals surface area (Å²) in [5.74, 6) is 1.83. The van der Waals surface area contributed by atoms with Gasteiger partial charge in [0.05, 0.1) is 5.69 Å². The molecule has 3 heterocycles. The molecule has 0 bridgehead atoms. The first kappa shape index (κ1) is 51.3.